The van der Waals surface area contributed by atoms with Gasteiger partial charge in [-0.15, -0.1) is 0 Å². The zero-order valence-corrected chi connectivity index (χ0v) is 15.0. The molecule has 2 aromatic rings. The van der Waals surface area contributed by atoms with Crippen LogP contribution in [-0.2, 0) is 6.54 Å². The molecule has 2 aromatic carbocycles. The number of aromatic hydroxyl groups is 1. The molecule has 0 fully saturated rings. The van der Waals surface area contributed by atoms with E-state index < -0.39 is 0 Å². The minimum atomic E-state index is -0.242. The highest BCUT2D eigenvalue weighted by Crippen LogP contribution is 2.26. The van der Waals surface area contributed by atoms with Gasteiger partial charge in [0.05, 0.1) is 7.11 Å². The van der Waals surface area contributed by atoms with Gasteiger partial charge < -0.3 is 20.9 Å². The van der Waals surface area contributed by atoms with Gasteiger partial charge in [0.15, 0.2) is 5.78 Å². The Morgan fingerprint density at radius 1 is 1.24 bits per heavy atom. The van der Waals surface area contributed by atoms with Crippen molar-refractivity contribution >= 4 is 11.5 Å². The van der Waals surface area contributed by atoms with Crippen LogP contribution in [0.25, 0.3) is 0 Å². The Bertz CT molecular complexity index is 741. The number of hydrogen-bond acceptors (Lipinski definition) is 5. The summed E-state index contributed by atoms with van der Waals surface area (Å²) in [5, 5.41) is 13.2. The third-order valence-corrected chi connectivity index (χ3v) is 4.11. The minimum Gasteiger partial charge on any atom is -0.508 e. The molecule has 0 saturated heterocycles. The summed E-state index contributed by atoms with van der Waals surface area (Å²) in [6.07, 6.45) is 0.387. The second-order valence-corrected chi connectivity index (χ2v) is 6.95. The monoisotopic (exact) mass is 342 g/mol. The molecule has 0 aliphatic carbocycles. The number of nitrogens with one attached hydrogen (secondary N) is 1. The number of anilines is 1. The number of nitrogen functional groups attached to an aromatic ring is 1. The van der Waals surface area contributed by atoms with Crippen LogP contribution >= 0.6 is 0 Å². The highest BCUT2D eigenvalue weighted by Gasteiger charge is 2.23. The molecule has 0 amide bonds. The van der Waals surface area contributed by atoms with Gasteiger partial charge in [0.25, 0.3) is 0 Å². The van der Waals surface area contributed by atoms with E-state index in [4.69, 9.17) is 10.5 Å². The Kier molecular flexibility index (Phi) is 6.04. The van der Waals surface area contributed by atoms with Crippen LogP contribution in [-0.4, -0.2) is 24.5 Å². The maximum absolute atomic E-state index is 12.5. The highest BCUT2D eigenvalue weighted by atomic mass is 16.5. The molecule has 0 saturated carbocycles. The van der Waals surface area contributed by atoms with Gasteiger partial charge in [-0.2, -0.15) is 0 Å². The van der Waals surface area contributed by atoms with Crippen molar-refractivity contribution in [3.05, 3.63) is 53.6 Å². The van der Waals surface area contributed by atoms with E-state index in [9.17, 15) is 9.90 Å². The van der Waals surface area contributed by atoms with Crippen molar-refractivity contribution in [1.82, 2.24) is 5.32 Å². The normalized spacial score (nSPS) is 11.3. The summed E-state index contributed by atoms with van der Waals surface area (Å²) < 4.78 is 5.17. The lowest BCUT2D eigenvalue weighted by Gasteiger charge is -2.25. The zero-order chi connectivity index (χ0) is 18.4. The summed E-state index contributed by atoms with van der Waals surface area (Å²) >= 11 is 0. The van der Waals surface area contributed by atoms with E-state index in [1.165, 1.54) is 0 Å². The molecule has 5 heteroatoms. The second-order valence-electron chi connectivity index (χ2n) is 6.95. The third kappa shape index (κ3) is 5.22. The molecule has 0 bridgehead atoms. The number of Topliss-reactive ketones (excluding diaryl/α,β-unsaturated/α-hetero) is 1. The lowest BCUT2D eigenvalue weighted by molar-refractivity contribution is 0.0931. The molecule has 0 aliphatic rings. The Morgan fingerprint density at radius 2 is 1.96 bits per heavy atom. The second kappa shape index (κ2) is 8.03. The molecule has 0 unspecified atom stereocenters. The summed E-state index contributed by atoms with van der Waals surface area (Å²) in [6.45, 7) is 5.18. The summed E-state index contributed by atoms with van der Waals surface area (Å²) in [7, 11) is 1.59. The van der Waals surface area contributed by atoms with Gasteiger partial charge in [0.2, 0.25) is 0 Å². The number of phenolic OH excluding ortho intramolecular Hbond substituents is 1. The number of carbonyl (C=O) groups is 1. The number of carbonyl (C=O) groups excluding carboxylic acids is 1. The van der Waals surface area contributed by atoms with Crippen LogP contribution in [0.1, 0.15) is 36.2 Å². The van der Waals surface area contributed by atoms with Gasteiger partial charge in [0, 0.05) is 36.3 Å². The van der Waals surface area contributed by atoms with Crippen molar-refractivity contribution in [1.29, 1.82) is 0 Å². The van der Waals surface area contributed by atoms with E-state index in [0.29, 0.717) is 36.5 Å². The fourth-order valence-corrected chi connectivity index (χ4v) is 2.71. The molecule has 0 atom stereocenters. The predicted molar refractivity (Wildman–Crippen MR) is 99.9 cm³/mol. The zero-order valence-electron chi connectivity index (χ0n) is 15.0. The Balaban J connectivity index is 1.93. The standard InChI is InChI=1S/C20H26N2O3/c1-20(2,11-19(24)16-6-4-5-7-17(16)21)13-22-12-14-10-15(25-3)8-9-18(14)23/h4-10,22-23H,11-13,21H2,1-3H3. The van der Waals surface area contributed by atoms with Crippen molar-refractivity contribution in [3.8, 4) is 11.5 Å². The van der Waals surface area contributed by atoms with Crippen LogP contribution in [0.15, 0.2) is 42.5 Å². The average Bonchev–Trinajstić information content (AvgIpc) is 2.56. The quantitative estimate of drug-likeness (QED) is 0.506. The lowest BCUT2D eigenvalue weighted by Crippen LogP contribution is -2.31. The number of nitrogens with two attached hydrogens (primary N) is 1. The van der Waals surface area contributed by atoms with Gasteiger partial charge in [0.1, 0.15) is 11.5 Å². The van der Waals surface area contributed by atoms with Crippen molar-refractivity contribution in [2.75, 3.05) is 19.4 Å². The average molecular weight is 342 g/mol. The molecule has 0 spiro atoms. The number of benzene rings is 2. The van der Waals surface area contributed by atoms with Gasteiger partial charge in [-0.3, -0.25) is 4.79 Å². The van der Waals surface area contributed by atoms with Gasteiger partial charge in [-0.25, -0.2) is 0 Å². The van der Waals surface area contributed by atoms with E-state index in [1.807, 2.05) is 26.0 Å². The molecule has 4 N–H and O–H groups in total. The molecule has 2 rings (SSSR count). The number of rotatable bonds is 8. The third-order valence-electron chi connectivity index (χ3n) is 4.11. The lowest BCUT2D eigenvalue weighted by atomic mass is 9.85. The Morgan fingerprint density at radius 3 is 2.64 bits per heavy atom. The largest absolute Gasteiger partial charge is 0.508 e. The van der Waals surface area contributed by atoms with Gasteiger partial charge >= 0.3 is 0 Å². The van der Waals surface area contributed by atoms with Crippen LogP contribution in [0.3, 0.4) is 0 Å². The molecule has 0 radical (unpaired) electrons. The summed E-state index contributed by atoms with van der Waals surface area (Å²) in [4.78, 5) is 12.5. The van der Waals surface area contributed by atoms with Gasteiger partial charge in [-0.05, 0) is 35.7 Å². The van der Waals surface area contributed by atoms with E-state index in [0.717, 1.165) is 5.56 Å². The van der Waals surface area contributed by atoms with Crippen LogP contribution in [0.5, 0.6) is 11.5 Å². The number of phenols is 1. The van der Waals surface area contributed by atoms with Crippen molar-refractivity contribution < 1.29 is 14.6 Å². The predicted octanol–water partition coefficient (Wildman–Crippen LogP) is 3.37. The summed E-state index contributed by atoms with van der Waals surface area (Å²) in [5.74, 6) is 0.956. The minimum absolute atomic E-state index is 0.0362. The SMILES string of the molecule is COc1ccc(O)c(CNCC(C)(C)CC(=O)c2ccccc2N)c1. The molecule has 0 heterocycles. The molecule has 25 heavy (non-hydrogen) atoms. The van der Waals surface area contributed by atoms with Crippen LogP contribution in [0.2, 0.25) is 0 Å². The summed E-state index contributed by atoms with van der Waals surface area (Å²) in [6, 6.07) is 12.3. The number of hydrogen-bond donors (Lipinski definition) is 3. The molecule has 5 nitrogen and oxygen atoms in total. The first-order chi connectivity index (χ1) is 11.8. The first-order valence-corrected chi connectivity index (χ1v) is 8.27. The Hall–Kier alpha value is -2.53. The van der Waals surface area contributed by atoms with Crippen LogP contribution in [0.4, 0.5) is 5.69 Å². The van der Waals surface area contributed by atoms with Crippen molar-refractivity contribution in [3.63, 3.8) is 0 Å². The number of ether oxygens (including phenoxy) is 1. The molecule has 0 aliphatic heterocycles. The van der Waals surface area contributed by atoms with Crippen molar-refractivity contribution in [2.45, 2.75) is 26.8 Å². The molecule has 134 valence electrons. The smallest absolute Gasteiger partial charge is 0.165 e. The topological polar surface area (TPSA) is 84.6 Å². The maximum atomic E-state index is 12.5. The number of ketones is 1. The number of para-hydroxylation sites is 1. The van der Waals surface area contributed by atoms with E-state index in [-0.39, 0.29) is 16.9 Å². The summed E-state index contributed by atoms with van der Waals surface area (Å²) in [5.41, 5.74) is 7.48. The fraction of sp³-hybridized carbons (Fsp3) is 0.350. The molecule has 0 aromatic heterocycles. The van der Waals surface area contributed by atoms with Crippen LogP contribution < -0.4 is 15.8 Å². The number of methoxy groups -OCH3 is 1. The van der Waals surface area contributed by atoms with Crippen molar-refractivity contribution in [2.24, 2.45) is 5.41 Å². The Labute approximate surface area is 148 Å². The van der Waals surface area contributed by atoms with E-state index in [1.54, 1.807) is 37.4 Å². The van der Waals surface area contributed by atoms with E-state index >= 15 is 0 Å². The molecular formula is C20H26N2O3. The van der Waals surface area contributed by atoms with E-state index in [2.05, 4.69) is 5.32 Å². The first kappa shape index (κ1) is 18.8. The fourth-order valence-electron chi connectivity index (χ4n) is 2.71. The maximum Gasteiger partial charge on any atom is 0.165 e. The van der Waals surface area contributed by atoms with Gasteiger partial charge in [-0.1, -0.05) is 26.0 Å². The highest BCUT2D eigenvalue weighted by molar-refractivity contribution is 6.01. The molecular weight excluding hydrogens is 316 g/mol. The first-order valence-electron chi connectivity index (χ1n) is 8.27. The van der Waals surface area contributed by atoms with Crippen LogP contribution in [0, 0.1) is 5.41 Å².